The quantitative estimate of drug-likeness (QED) is 0.775. The fraction of sp³-hybridized carbons (Fsp3) is 0.571. The molecule has 1 aromatic carbocycles. The monoisotopic (exact) mass is 315 g/mol. The molecule has 1 aromatic rings. The molecule has 3 nitrogen and oxygen atoms in total. The van der Waals surface area contributed by atoms with Crippen molar-refractivity contribution in [1.82, 2.24) is 0 Å². The highest BCUT2D eigenvalue weighted by molar-refractivity contribution is 9.10. The Bertz CT molecular complexity index is 353. The Hall–Kier alpha value is -0.580. The topological polar surface area (TPSA) is 30.5 Å². The lowest BCUT2D eigenvalue weighted by Crippen LogP contribution is -2.26. The number of benzene rings is 1. The van der Waals surface area contributed by atoms with E-state index in [0.29, 0.717) is 19.8 Å². The fourth-order valence-corrected chi connectivity index (χ4v) is 2.68. The molecule has 0 unspecified atom stereocenters. The van der Waals surface area contributed by atoms with Gasteiger partial charge in [0.2, 0.25) is 0 Å². The molecule has 4 heteroatoms. The van der Waals surface area contributed by atoms with Gasteiger partial charge in [-0.3, -0.25) is 0 Å². The third-order valence-corrected chi connectivity index (χ3v) is 3.21. The smallest absolute Gasteiger partial charge is 0.174 e. The van der Waals surface area contributed by atoms with Crippen LogP contribution in [0, 0.1) is 13.8 Å². The molecule has 0 aromatic heterocycles. The van der Waals surface area contributed by atoms with Gasteiger partial charge in [-0.05, 0) is 60.8 Å². The van der Waals surface area contributed by atoms with Crippen molar-refractivity contribution in [3.05, 3.63) is 27.7 Å². The van der Waals surface area contributed by atoms with Crippen LogP contribution < -0.4 is 5.32 Å². The van der Waals surface area contributed by atoms with E-state index in [1.807, 2.05) is 13.8 Å². The van der Waals surface area contributed by atoms with Crippen LogP contribution >= 0.6 is 15.9 Å². The lowest BCUT2D eigenvalue weighted by atomic mass is 10.1. The van der Waals surface area contributed by atoms with E-state index in [9.17, 15) is 0 Å². The lowest BCUT2D eigenvalue weighted by molar-refractivity contribution is -0.126. The summed E-state index contributed by atoms with van der Waals surface area (Å²) in [4.78, 5) is 0. The minimum absolute atomic E-state index is 0.201. The highest BCUT2D eigenvalue weighted by Gasteiger charge is 2.10. The van der Waals surface area contributed by atoms with Crippen molar-refractivity contribution in [3.63, 3.8) is 0 Å². The summed E-state index contributed by atoms with van der Waals surface area (Å²) in [5.41, 5.74) is 3.56. The summed E-state index contributed by atoms with van der Waals surface area (Å²) in [5, 5.41) is 3.38. The van der Waals surface area contributed by atoms with Crippen LogP contribution in [-0.4, -0.2) is 26.0 Å². The Morgan fingerprint density at radius 1 is 1.17 bits per heavy atom. The van der Waals surface area contributed by atoms with Crippen molar-refractivity contribution in [3.8, 4) is 0 Å². The summed E-state index contributed by atoms with van der Waals surface area (Å²) in [6, 6.07) is 4.26. The Balaban J connectivity index is 2.66. The maximum atomic E-state index is 5.51. The highest BCUT2D eigenvalue weighted by atomic mass is 79.9. The fourth-order valence-electron chi connectivity index (χ4n) is 1.86. The number of ether oxygens (including phenoxy) is 2. The molecule has 0 heterocycles. The van der Waals surface area contributed by atoms with Crippen LogP contribution in [0.25, 0.3) is 0 Å². The first-order valence-corrected chi connectivity index (χ1v) is 7.11. The molecule has 0 bridgehead atoms. The number of halogens is 1. The molecule has 1 rings (SSSR count). The van der Waals surface area contributed by atoms with Gasteiger partial charge < -0.3 is 14.8 Å². The van der Waals surface area contributed by atoms with Gasteiger partial charge in [0.15, 0.2) is 6.29 Å². The normalized spacial score (nSPS) is 11.0. The van der Waals surface area contributed by atoms with Gasteiger partial charge in [-0.15, -0.1) is 0 Å². The van der Waals surface area contributed by atoms with Gasteiger partial charge in [-0.25, -0.2) is 0 Å². The predicted molar refractivity (Wildman–Crippen MR) is 79.1 cm³/mol. The Morgan fingerprint density at radius 2 is 1.78 bits per heavy atom. The van der Waals surface area contributed by atoms with E-state index in [0.717, 1.165) is 10.2 Å². The van der Waals surface area contributed by atoms with Crippen LogP contribution in [0.15, 0.2) is 16.6 Å². The molecule has 18 heavy (non-hydrogen) atoms. The second-order valence-corrected chi connectivity index (χ2v) is 5.01. The van der Waals surface area contributed by atoms with Gasteiger partial charge in [0.05, 0.1) is 12.2 Å². The van der Waals surface area contributed by atoms with E-state index >= 15 is 0 Å². The molecular weight excluding hydrogens is 294 g/mol. The molecule has 0 saturated heterocycles. The number of nitrogens with one attached hydrogen (secondary N) is 1. The van der Waals surface area contributed by atoms with E-state index in [1.54, 1.807) is 0 Å². The molecule has 0 radical (unpaired) electrons. The average Bonchev–Trinajstić information content (AvgIpc) is 2.28. The largest absolute Gasteiger partial charge is 0.379 e. The maximum absolute atomic E-state index is 5.51. The van der Waals surface area contributed by atoms with Crippen molar-refractivity contribution in [2.24, 2.45) is 0 Å². The zero-order valence-corrected chi connectivity index (χ0v) is 13.1. The van der Waals surface area contributed by atoms with Crippen molar-refractivity contribution in [2.75, 3.05) is 25.1 Å². The highest BCUT2D eigenvalue weighted by Crippen LogP contribution is 2.27. The third-order valence-electron chi connectivity index (χ3n) is 2.58. The maximum Gasteiger partial charge on any atom is 0.174 e. The molecule has 0 saturated carbocycles. The SMILES string of the molecule is CCOC(CNc1c(C)cc(C)cc1Br)OCC. The molecule has 0 amide bonds. The molecule has 0 aliphatic rings. The van der Waals surface area contributed by atoms with Crippen LogP contribution in [-0.2, 0) is 9.47 Å². The number of hydrogen-bond acceptors (Lipinski definition) is 3. The molecule has 1 N–H and O–H groups in total. The van der Waals surface area contributed by atoms with Crippen molar-refractivity contribution < 1.29 is 9.47 Å². The van der Waals surface area contributed by atoms with Gasteiger partial charge in [-0.1, -0.05) is 6.07 Å². The Kier molecular flexibility index (Phi) is 6.68. The number of hydrogen-bond donors (Lipinski definition) is 1. The van der Waals surface area contributed by atoms with Gasteiger partial charge in [0.25, 0.3) is 0 Å². The Labute approximate surface area is 118 Å². The van der Waals surface area contributed by atoms with Crippen molar-refractivity contribution >= 4 is 21.6 Å². The van der Waals surface area contributed by atoms with Gasteiger partial charge in [-0.2, -0.15) is 0 Å². The zero-order valence-electron chi connectivity index (χ0n) is 11.5. The van der Waals surface area contributed by atoms with Gasteiger partial charge in [0.1, 0.15) is 0 Å². The van der Waals surface area contributed by atoms with Crippen LogP contribution in [0.3, 0.4) is 0 Å². The summed E-state index contributed by atoms with van der Waals surface area (Å²) >= 11 is 3.58. The summed E-state index contributed by atoms with van der Waals surface area (Å²) < 4.78 is 12.1. The predicted octanol–water partition coefficient (Wildman–Crippen LogP) is 3.88. The van der Waals surface area contributed by atoms with E-state index in [-0.39, 0.29) is 6.29 Å². The van der Waals surface area contributed by atoms with E-state index in [1.165, 1.54) is 11.1 Å². The van der Waals surface area contributed by atoms with Crippen LogP contribution in [0.4, 0.5) is 5.69 Å². The number of aryl methyl sites for hydroxylation is 2. The minimum atomic E-state index is -0.201. The standard InChI is InChI=1S/C14H22BrNO2/c1-5-17-13(18-6-2)9-16-14-11(4)7-10(3)8-12(14)15/h7-8,13,16H,5-6,9H2,1-4H3. The van der Waals surface area contributed by atoms with Crippen molar-refractivity contribution in [2.45, 2.75) is 34.0 Å². The third kappa shape index (κ3) is 4.59. The number of rotatable bonds is 7. The Morgan fingerprint density at radius 3 is 2.28 bits per heavy atom. The van der Waals surface area contributed by atoms with Crippen LogP contribution in [0.1, 0.15) is 25.0 Å². The van der Waals surface area contributed by atoms with E-state index in [2.05, 4.69) is 47.2 Å². The molecule has 0 fully saturated rings. The average molecular weight is 316 g/mol. The van der Waals surface area contributed by atoms with E-state index in [4.69, 9.17) is 9.47 Å². The molecule has 0 spiro atoms. The zero-order chi connectivity index (χ0) is 13.5. The molecular formula is C14H22BrNO2. The molecule has 102 valence electrons. The van der Waals surface area contributed by atoms with Crippen molar-refractivity contribution in [1.29, 1.82) is 0 Å². The van der Waals surface area contributed by atoms with Gasteiger partial charge >= 0.3 is 0 Å². The summed E-state index contributed by atoms with van der Waals surface area (Å²) in [6.45, 7) is 10.1. The van der Waals surface area contributed by atoms with Crippen LogP contribution in [0.5, 0.6) is 0 Å². The van der Waals surface area contributed by atoms with E-state index < -0.39 is 0 Å². The van der Waals surface area contributed by atoms with Gasteiger partial charge in [0, 0.05) is 17.7 Å². The summed E-state index contributed by atoms with van der Waals surface area (Å²) in [5.74, 6) is 0. The first kappa shape index (κ1) is 15.5. The van der Waals surface area contributed by atoms with Crippen LogP contribution in [0.2, 0.25) is 0 Å². The lowest BCUT2D eigenvalue weighted by Gasteiger charge is -2.20. The summed E-state index contributed by atoms with van der Waals surface area (Å²) in [7, 11) is 0. The minimum Gasteiger partial charge on any atom is -0.379 e. The summed E-state index contributed by atoms with van der Waals surface area (Å²) in [6.07, 6.45) is -0.201. The molecule has 0 aliphatic carbocycles. The second-order valence-electron chi connectivity index (χ2n) is 4.16. The molecule has 0 aliphatic heterocycles. The first-order chi connectivity index (χ1) is 8.58. The number of anilines is 1. The first-order valence-electron chi connectivity index (χ1n) is 6.32. The molecule has 0 atom stereocenters. The second kappa shape index (κ2) is 7.77.